The van der Waals surface area contributed by atoms with Crippen LogP contribution in [0, 0.1) is 0 Å². The maximum Gasteiger partial charge on any atom is 0.342 e. The van der Waals surface area contributed by atoms with Crippen LogP contribution in [0.1, 0.15) is 5.56 Å². The lowest BCUT2D eigenvalue weighted by atomic mass is 10.2. The third-order valence-corrected chi connectivity index (χ3v) is 4.71. The van der Waals surface area contributed by atoms with E-state index in [1.54, 1.807) is 49.6 Å². The molecule has 0 amide bonds. The Morgan fingerprint density at radius 1 is 1.14 bits per heavy atom. The summed E-state index contributed by atoms with van der Waals surface area (Å²) in [7, 11) is 3.07. The van der Waals surface area contributed by atoms with E-state index < -0.39 is 5.97 Å². The van der Waals surface area contributed by atoms with Crippen LogP contribution in [-0.4, -0.2) is 35.5 Å². The zero-order valence-corrected chi connectivity index (χ0v) is 16.5. The third kappa shape index (κ3) is 4.65. The molecule has 0 fully saturated rings. The van der Waals surface area contributed by atoms with Crippen molar-refractivity contribution in [1.82, 2.24) is 10.2 Å². The number of hydrogen-bond acceptors (Lipinski definition) is 7. The first-order chi connectivity index (χ1) is 13.5. The normalized spacial score (nSPS) is 11.3. The van der Waals surface area contributed by atoms with Crippen molar-refractivity contribution in [2.75, 3.05) is 14.2 Å². The van der Waals surface area contributed by atoms with Crippen molar-refractivity contribution in [3.05, 3.63) is 58.0 Å². The van der Waals surface area contributed by atoms with Gasteiger partial charge in [0.2, 0.25) is 0 Å². The van der Waals surface area contributed by atoms with Gasteiger partial charge < -0.3 is 19.0 Å². The molecule has 2 aromatic carbocycles. The summed E-state index contributed by atoms with van der Waals surface area (Å²) in [4.78, 5) is 11.6. The Bertz CT molecular complexity index is 1020. The Labute approximate surface area is 169 Å². The number of benzene rings is 2. The number of hydrogen-bond donors (Lipinski definition) is 1. The highest BCUT2D eigenvalue weighted by Gasteiger charge is 2.18. The second-order valence-electron chi connectivity index (χ2n) is 5.41. The summed E-state index contributed by atoms with van der Waals surface area (Å²) in [5.41, 5.74) is 1.22. The number of carboxylic acid groups (broad SMARTS) is 1. The molecule has 0 radical (unpaired) electrons. The topological polar surface area (TPSA) is 94.7 Å². The van der Waals surface area contributed by atoms with Gasteiger partial charge in [0.15, 0.2) is 0 Å². The zero-order chi connectivity index (χ0) is 20.1. The van der Waals surface area contributed by atoms with Gasteiger partial charge in [0.05, 0.1) is 19.8 Å². The molecule has 1 heterocycles. The average Bonchev–Trinajstić information content (AvgIpc) is 3.16. The number of thioether (sulfide) groups is 1. The number of rotatable bonds is 7. The molecular formula is C19H15ClN2O5S. The van der Waals surface area contributed by atoms with E-state index in [4.69, 9.17) is 25.5 Å². The number of aliphatic carboxylic acids is 1. The minimum absolute atomic E-state index is 0.0263. The van der Waals surface area contributed by atoms with Gasteiger partial charge in [-0.05, 0) is 53.7 Å². The number of nitrogens with zero attached hydrogens (tertiary/aromatic N) is 2. The molecule has 1 aromatic heterocycles. The molecule has 0 saturated carbocycles. The lowest BCUT2D eigenvalue weighted by Crippen LogP contribution is -1.96. The maximum absolute atomic E-state index is 11.6. The van der Waals surface area contributed by atoms with Gasteiger partial charge in [-0.3, -0.25) is 0 Å². The number of halogens is 1. The first-order valence-electron chi connectivity index (χ1n) is 7.94. The largest absolute Gasteiger partial charge is 0.497 e. The number of ether oxygens (including phenoxy) is 2. The standard InChI is InChI=1S/C19H15ClN2O5S/c1-25-13-6-3-11(4-7-13)9-16(18(23)24)28-19-22-21-17(27-19)14-10-12(20)5-8-15(14)26-2/h3-10H,1-2H3,(H,23,24)/b16-9-. The van der Waals surface area contributed by atoms with E-state index in [1.807, 2.05) is 0 Å². The molecule has 3 rings (SSSR count). The van der Waals surface area contributed by atoms with Gasteiger partial charge in [0.25, 0.3) is 11.1 Å². The highest BCUT2D eigenvalue weighted by molar-refractivity contribution is 8.03. The second kappa shape index (κ2) is 8.81. The molecule has 0 unspecified atom stereocenters. The summed E-state index contributed by atoms with van der Waals surface area (Å²) in [6.45, 7) is 0. The van der Waals surface area contributed by atoms with Crippen LogP contribution in [0.5, 0.6) is 11.5 Å². The first kappa shape index (κ1) is 19.8. The average molecular weight is 419 g/mol. The number of methoxy groups -OCH3 is 2. The Morgan fingerprint density at radius 3 is 2.54 bits per heavy atom. The van der Waals surface area contributed by atoms with Crippen molar-refractivity contribution in [2.45, 2.75) is 5.22 Å². The molecule has 0 atom stereocenters. The van der Waals surface area contributed by atoms with Gasteiger partial charge >= 0.3 is 5.97 Å². The number of aromatic nitrogens is 2. The van der Waals surface area contributed by atoms with Gasteiger partial charge in [0, 0.05) is 5.02 Å². The van der Waals surface area contributed by atoms with Gasteiger partial charge in [-0.25, -0.2) is 4.79 Å². The van der Waals surface area contributed by atoms with Gasteiger partial charge in [-0.1, -0.05) is 23.7 Å². The maximum atomic E-state index is 11.6. The van der Waals surface area contributed by atoms with Crippen LogP contribution in [0.25, 0.3) is 17.5 Å². The number of carboxylic acids is 1. The SMILES string of the molecule is COc1ccc(/C=C(\Sc2nnc(-c3cc(Cl)ccc3OC)o2)C(=O)O)cc1. The fourth-order valence-electron chi connectivity index (χ4n) is 2.29. The van der Waals surface area contributed by atoms with E-state index in [0.717, 1.165) is 11.8 Å². The van der Waals surface area contributed by atoms with E-state index in [2.05, 4.69) is 10.2 Å². The minimum atomic E-state index is -1.11. The lowest BCUT2D eigenvalue weighted by molar-refractivity contribution is -0.131. The Kier molecular flexibility index (Phi) is 6.23. The summed E-state index contributed by atoms with van der Waals surface area (Å²) in [5.74, 6) is 0.257. The van der Waals surface area contributed by atoms with E-state index in [9.17, 15) is 9.90 Å². The fraction of sp³-hybridized carbons (Fsp3) is 0.105. The quantitative estimate of drug-likeness (QED) is 0.438. The molecule has 0 aliphatic heterocycles. The van der Waals surface area contributed by atoms with Crippen LogP contribution in [0.3, 0.4) is 0 Å². The zero-order valence-electron chi connectivity index (χ0n) is 14.9. The van der Waals surface area contributed by atoms with Crippen LogP contribution in [0.15, 0.2) is 57.0 Å². The molecule has 0 saturated heterocycles. The summed E-state index contributed by atoms with van der Waals surface area (Å²) in [6, 6.07) is 12.0. The molecule has 0 bridgehead atoms. The predicted octanol–water partition coefficient (Wildman–Crippen LogP) is 4.63. The van der Waals surface area contributed by atoms with Crippen LogP contribution in [0.4, 0.5) is 0 Å². The molecule has 28 heavy (non-hydrogen) atoms. The summed E-state index contributed by atoms with van der Waals surface area (Å²) >= 11 is 6.87. The summed E-state index contributed by atoms with van der Waals surface area (Å²) in [5, 5.41) is 17.9. The molecule has 9 heteroatoms. The number of carbonyl (C=O) groups is 1. The van der Waals surface area contributed by atoms with Crippen molar-refractivity contribution >= 4 is 35.4 Å². The van der Waals surface area contributed by atoms with Crippen LogP contribution in [-0.2, 0) is 4.79 Å². The van der Waals surface area contributed by atoms with Crippen molar-refractivity contribution in [2.24, 2.45) is 0 Å². The Balaban J connectivity index is 1.86. The molecule has 144 valence electrons. The molecule has 7 nitrogen and oxygen atoms in total. The summed E-state index contributed by atoms with van der Waals surface area (Å²) < 4.78 is 16.0. The van der Waals surface area contributed by atoms with Crippen molar-refractivity contribution < 1.29 is 23.8 Å². The molecule has 0 aliphatic rings. The second-order valence-corrected chi connectivity index (χ2v) is 6.84. The van der Waals surface area contributed by atoms with Crippen LogP contribution >= 0.6 is 23.4 Å². The molecule has 0 aliphatic carbocycles. The third-order valence-electron chi connectivity index (χ3n) is 3.62. The fourth-order valence-corrected chi connectivity index (χ4v) is 3.13. The Hall–Kier alpha value is -2.97. The molecule has 3 aromatic rings. The molecule has 0 spiro atoms. The van der Waals surface area contributed by atoms with E-state index in [0.29, 0.717) is 27.6 Å². The van der Waals surface area contributed by atoms with Crippen molar-refractivity contribution in [3.63, 3.8) is 0 Å². The smallest absolute Gasteiger partial charge is 0.342 e. The van der Waals surface area contributed by atoms with Crippen LogP contribution < -0.4 is 9.47 Å². The monoisotopic (exact) mass is 418 g/mol. The van der Waals surface area contributed by atoms with E-state index >= 15 is 0 Å². The van der Waals surface area contributed by atoms with Crippen molar-refractivity contribution in [3.8, 4) is 23.0 Å². The van der Waals surface area contributed by atoms with E-state index in [1.165, 1.54) is 13.2 Å². The molecular weight excluding hydrogens is 404 g/mol. The predicted molar refractivity (Wildman–Crippen MR) is 106 cm³/mol. The first-order valence-corrected chi connectivity index (χ1v) is 9.14. The van der Waals surface area contributed by atoms with Gasteiger partial charge in [-0.2, -0.15) is 0 Å². The minimum Gasteiger partial charge on any atom is -0.497 e. The highest BCUT2D eigenvalue weighted by Crippen LogP contribution is 2.35. The van der Waals surface area contributed by atoms with E-state index in [-0.39, 0.29) is 16.0 Å². The van der Waals surface area contributed by atoms with Gasteiger partial charge in [0.1, 0.15) is 16.4 Å². The molecule has 1 N–H and O–H groups in total. The van der Waals surface area contributed by atoms with Crippen LogP contribution in [0.2, 0.25) is 5.02 Å². The lowest BCUT2D eigenvalue weighted by Gasteiger charge is -2.04. The van der Waals surface area contributed by atoms with Gasteiger partial charge in [-0.15, -0.1) is 10.2 Å². The Morgan fingerprint density at radius 2 is 1.89 bits per heavy atom. The highest BCUT2D eigenvalue weighted by atomic mass is 35.5. The van der Waals surface area contributed by atoms with Crippen molar-refractivity contribution in [1.29, 1.82) is 0 Å². The summed E-state index contributed by atoms with van der Waals surface area (Å²) in [6.07, 6.45) is 1.51.